The Balaban J connectivity index is 3.57. The summed E-state index contributed by atoms with van der Waals surface area (Å²) in [6, 6.07) is 0. The molecule has 0 atom stereocenters. The molecule has 0 aromatic rings. The van der Waals surface area contributed by atoms with Gasteiger partial charge < -0.3 is 22.9 Å². The molecule has 0 aromatic heterocycles. The molecule has 0 saturated heterocycles. The monoisotopic (exact) mass is 220 g/mol. The van der Waals surface area contributed by atoms with Gasteiger partial charge in [-0.25, -0.2) is 0 Å². The molecule has 0 spiro atoms. The highest BCUT2D eigenvalue weighted by molar-refractivity contribution is 7.85. The summed E-state index contributed by atoms with van der Waals surface area (Å²) in [4.78, 5) is 7.40. The van der Waals surface area contributed by atoms with E-state index in [0.717, 1.165) is 0 Å². The molecular weight excluding hydrogens is 204 g/mol. The second-order valence-electron chi connectivity index (χ2n) is 2.46. The average molecular weight is 220 g/mol. The molecule has 0 heterocycles. The Hall–Kier alpha value is -1.31. The molecule has 0 rings (SSSR count). The minimum Gasteiger partial charge on any atom is -0.370 e. The van der Waals surface area contributed by atoms with Crippen molar-refractivity contribution < 1.29 is 4.21 Å². The molecule has 8 N–H and O–H groups in total. The van der Waals surface area contributed by atoms with Crippen molar-refractivity contribution in [1.82, 2.24) is 0 Å². The molecular formula is C6H16N6OS. The van der Waals surface area contributed by atoms with Crippen molar-refractivity contribution in [2.24, 2.45) is 32.9 Å². The van der Waals surface area contributed by atoms with Gasteiger partial charge in [0.25, 0.3) is 0 Å². The number of nitrogens with two attached hydrogens (primary N) is 4. The lowest BCUT2D eigenvalue weighted by molar-refractivity contribution is 0.682. The number of nitrogens with zero attached hydrogens (tertiary/aromatic N) is 2. The van der Waals surface area contributed by atoms with Gasteiger partial charge in [0.1, 0.15) is 0 Å². The molecule has 0 aliphatic carbocycles. The van der Waals surface area contributed by atoms with Crippen molar-refractivity contribution >= 4 is 22.7 Å². The summed E-state index contributed by atoms with van der Waals surface area (Å²) in [7, 11) is -0.989. The summed E-state index contributed by atoms with van der Waals surface area (Å²) >= 11 is 0. The third kappa shape index (κ3) is 8.78. The zero-order valence-corrected chi connectivity index (χ0v) is 8.67. The summed E-state index contributed by atoms with van der Waals surface area (Å²) in [6.07, 6.45) is 0. The first-order valence-corrected chi connectivity index (χ1v) is 5.47. The van der Waals surface area contributed by atoms with Crippen LogP contribution in [0.1, 0.15) is 0 Å². The van der Waals surface area contributed by atoms with Gasteiger partial charge in [0.2, 0.25) is 0 Å². The highest BCUT2D eigenvalue weighted by Crippen LogP contribution is 1.84. The molecule has 14 heavy (non-hydrogen) atoms. The molecule has 0 aliphatic heterocycles. The number of rotatable bonds is 6. The van der Waals surface area contributed by atoms with Gasteiger partial charge in [-0.3, -0.25) is 14.2 Å². The van der Waals surface area contributed by atoms with E-state index >= 15 is 0 Å². The molecule has 0 bridgehead atoms. The van der Waals surface area contributed by atoms with Crippen LogP contribution in [0, 0.1) is 0 Å². The second kappa shape index (κ2) is 7.13. The lowest BCUT2D eigenvalue weighted by atomic mass is 10.8. The zero-order valence-electron chi connectivity index (χ0n) is 7.85. The predicted molar refractivity (Wildman–Crippen MR) is 59.2 cm³/mol. The molecule has 82 valence electrons. The molecule has 0 saturated carbocycles. The van der Waals surface area contributed by atoms with Crippen molar-refractivity contribution in [1.29, 1.82) is 0 Å². The van der Waals surface area contributed by atoms with Crippen molar-refractivity contribution in [3.63, 3.8) is 0 Å². The Bertz CT molecular complexity index is 219. The summed E-state index contributed by atoms with van der Waals surface area (Å²) in [5.74, 6) is 0.841. The first-order valence-electron chi connectivity index (χ1n) is 3.98. The summed E-state index contributed by atoms with van der Waals surface area (Å²) in [6.45, 7) is 0.716. The fourth-order valence-electron chi connectivity index (χ4n) is 0.655. The van der Waals surface area contributed by atoms with Crippen molar-refractivity contribution in [2.45, 2.75) is 0 Å². The van der Waals surface area contributed by atoms with Crippen LogP contribution in [0.2, 0.25) is 0 Å². The van der Waals surface area contributed by atoms with E-state index < -0.39 is 10.8 Å². The molecule has 0 fully saturated rings. The molecule has 0 radical (unpaired) electrons. The van der Waals surface area contributed by atoms with Crippen molar-refractivity contribution in [3.05, 3.63) is 0 Å². The van der Waals surface area contributed by atoms with Crippen LogP contribution < -0.4 is 22.9 Å². The van der Waals surface area contributed by atoms with Crippen LogP contribution in [0.5, 0.6) is 0 Å². The largest absolute Gasteiger partial charge is 0.370 e. The van der Waals surface area contributed by atoms with E-state index in [0.29, 0.717) is 24.6 Å². The Kier molecular flexibility index (Phi) is 6.46. The topological polar surface area (TPSA) is 146 Å². The predicted octanol–water partition coefficient (Wildman–Crippen LogP) is -2.72. The van der Waals surface area contributed by atoms with Crippen molar-refractivity contribution in [2.75, 3.05) is 24.6 Å². The standard InChI is InChI=1S/C6H16N6OS/c7-5(8)11-1-3-14(13)4-2-12-6(9)10/h1-4H2,(H4,7,8,11)(H4,9,10,12). The minimum absolute atomic E-state index is 0.00576. The fourth-order valence-corrected chi connectivity index (χ4v) is 1.45. The van der Waals surface area contributed by atoms with Crippen LogP contribution in [0.4, 0.5) is 0 Å². The lowest BCUT2D eigenvalue weighted by Gasteiger charge is -1.97. The maximum atomic E-state index is 11.2. The summed E-state index contributed by atoms with van der Waals surface area (Å²) in [5, 5.41) is 0. The number of guanidine groups is 2. The van der Waals surface area contributed by atoms with Gasteiger partial charge in [-0.05, 0) is 0 Å². The maximum Gasteiger partial charge on any atom is 0.185 e. The van der Waals surface area contributed by atoms with Gasteiger partial charge in [0.15, 0.2) is 11.9 Å². The van der Waals surface area contributed by atoms with Crippen LogP contribution in [0.25, 0.3) is 0 Å². The van der Waals surface area contributed by atoms with Gasteiger partial charge in [0, 0.05) is 22.3 Å². The molecule has 8 heteroatoms. The van der Waals surface area contributed by atoms with E-state index in [1.807, 2.05) is 0 Å². The maximum absolute atomic E-state index is 11.2. The van der Waals surface area contributed by atoms with Gasteiger partial charge in [-0.2, -0.15) is 0 Å². The van der Waals surface area contributed by atoms with E-state index in [9.17, 15) is 4.21 Å². The van der Waals surface area contributed by atoms with Gasteiger partial charge >= 0.3 is 0 Å². The lowest BCUT2D eigenvalue weighted by Crippen LogP contribution is -2.24. The van der Waals surface area contributed by atoms with Gasteiger partial charge in [-0.15, -0.1) is 0 Å². The first-order chi connectivity index (χ1) is 6.52. The first kappa shape index (κ1) is 12.7. The van der Waals surface area contributed by atoms with Crippen LogP contribution >= 0.6 is 0 Å². The van der Waals surface area contributed by atoms with Crippen LogP contribution in [0.3, 0.4) is 0 Å². The zero-order chi connectivity index (χ0) is 11.0. The second-order valence-corrected chi connectivity index (χ2v) is 4.16. The van der Waals surface area contributed by atoms with E-state index in [1.165, 1.54) is 0 Å². The molecule has 0 unspecified atom stereocenters. The van der Waals surface area contributed by atoms with Gasteiger partial charge in [-0.1, -0.05) is 0 Å². The van der Waals surface area contributed by atoms with E-state index in [1.54, 1.807) is 0 Å². The number of hydrogen-bond acceptors (Lipinski definition) is 3. The Morgan fingerprint density at radius 2 is 1.29 bits per heavy atom. The Morgan fingerprint density at radius 3 is 1.57 bits per heavy atom. The van der Waals surface area contributed by atoms with E-state index in [-0.39, 0.29) is 11.9 Å². The highest BCUT2D eigenvalue weighted by atomic mass is 32.2. The Morgan fingerprint density at radius 1 is 0.929 bits per heavy atom. The minimum atomic E-state index is -0.989. The smallest absolute Gasteiger partial charge is 0.185 e. The average Bonchev–Trinajstić information content (AvgIpc) is 2.02. The molecule has 7 nitrogen and oxygen atoms in total. The number of hydrogen-bond donors (Lipinski definition) is 4. The SMILES string of the molecule is NC(N)=NCCS(=O)CCN=C(N)N. The molecule has 0 aromatic carbocycles. The van der Waals surface area contributed by atoms with Crippen LogP contribution in [-0.4, -0.2) is 40.7 Å². The summed E-state index contributed by atoms with van der Waals surface area (Å²) in [5.41, 5.74) is 20.4. The van der Waals surface area contributed by atoms with Crippen LogP contribution in [-0.2, 0) is 10.8 Å². The highest BCUT2D eigenvalue weighted by Gasteiger charge is 1.97. The molecule has 0 amide bonds. The van der Waals surface area contributed by atoms with Crippen molar-refractivity contribution in [3.8, 4) is 0 Å². The van der Waals surface area contributed by atoms with Gasteiger partial charge in [0.05, 0.1) is 13.1 Å². The van der Waals surface area contributed by atoms with E-state index in [4.69, 9.17) is 22.9 Å². The number of aliphatic imine (C=N–C) groups is 2. The summed E-state index contributed by atoms with van der Waals surface area (Å²) < 4.78 is 11.2. The quantitative estimate of drug-likeness (QED) is 0.284. The van der Waals surface area contributed by atoms with Crippen LogP contribution in [0.15, 0.2) is 9.98 Å². The van der Waals surface area contributed by atoms with E-state index in [2.05, 4.69) is 9.98 Å². The third-order valence-corrected chi connectivity index (χ3v) is 2.50. The Labute approximate surface area is 85.1 Å². The third-order valence-electron chi connectivity index (χ3n) is 1.23. The fraction of sp³-hybridized carbons (Fsp3) is 0.667. The molecule has 0 aliphatic rings. The normalized spacial score (nSPS) is 9.79.